The molecular weight excluding hydrogens is 416 g/mol. The molecule has 31 heavy (non-hydrogen) atoms. The van der Waals surface area contributed by atoms with Crippen LogP contribution in [0.4, 0.5) is 5.69 Å². The number of aryl methyl sites for hydroxylation is 1. The van der Waals surface area contributed by atoms with Crippen LogP contribution in [0.15, 0.2) is 42.5 Å². The Morgan fingerprint density at radius 2 is 1.97 bits per heavy atom. The Kier molecular flexibility index (Phi) is 6.23. The molecule has 0 spiro atoms. The van der Waals surface area contributed by atoms with Gasteiger partial charge in [-0.15, -0.1) is 0 Å². The highest BCUT2D eigenvalue weighted by molar-refractivity contribution is 7.92. The third-order valence-corrected chi connectivity index (χ3v) is 6.58. The van der Waals surface area contributed by atoms with Gasteiger partial charge in [0.25, 0.3) is 0 Å². The van der Waals surface area contributed by atoms with Crippen molar-refractivity contribution in [1.82, 2.24) is 5.32 Å². The Morgan fingerprint density at radius 1 is 1.26 bits per heavy atom. The van der Waals surface area contributed by atoms with E-state index in [0.717, 1.165) is 27.4 Å². The molecule has 1 heterocycles. The van der Waals surface area contributed by atoms with E-state index in [1.807, 2.05) is 39.0 Å². The van der Waals surface area contributed by atoms with Crippen molar-refractivity contribution in [3.05, 3.63) is 53.6 Å². The van der Waals surface area contributed by atoms with Crippen molar-refractivity contribution in [3.8, 4) is 11.5 Å². The number of sulfonamides is 1. The zero-order valence-electron chi connectivity index (χ0n) is 18.8. The average molecular weight is 447 g/mol. The maximum atomic E-state index is 13.2. The third-order valence-electron chi connectivity index (χ3n) is 5.34. The number of fused-ring (bicyclic) bond motifs is 1. The highest BCUT2D eigenvalue weighted by atomic mass is 32.2. The molecule has 8 heteroatoms. The number of benzene rings is 2. The number of hydrogen-bond acceptors (Lipinski definition) is 5. The van der Waals surface area contributed by atoms with E-state index in [1.54, 1.807) is 31.2 Å². The number of carbonyl (C=O) groups is 1. The molecule has 0 aromatic heterocycles. The first-order valence-corrected chi connectivity index (χ1v) is 12.0. The summed E-state index contributed by atoms with van der Waals surface area (Å²) in [6.45, 7) is 7.50. The lowest BCUT2D eigenvalue weighted by atomic mass is 9.89. The van der Waals surface area contributed by atoms with Crippen LogP contribution in [0.25, 0.3) is 0 Å². The van der Waals surface area contributed by atoms with Gasteiger partial charge in [0.05, 0.1) is 25.1 Å². The van der Waals surface area contributed by atoms with Gasteiger partial charge < -0.3 is 14.8 Å². The topological polar surface area (TPSA) is 84.9 Å². The number of anilines is 1. The first-order valence-electron chi connectivity index (χ1n) is 10.1. The number of nitrogens with one attached hydrogen (secondary N) is 1. The molecule has 2 unspecified atom stereocenters. The molecule has 2 aromatic carbocycles. The number of carbonyl (C=O) groups excluding carboxylic acids is 1. The predicted octanol–water partition coefficient (Wildman–Crippen LogP) is 3.58. The zero-order valence-corrected chi connectivity index (χ0v) is 19.6. The second kappa shape index (κ2) is 8.42. The number of nitrogens with zero attached hydrogens (tertiary/aromatic N) is 1. The van der Waals surface area contributed by atoms with E-state index in [2.05, 4.69) is 5.32 Å². The normalized spacial score (nSPS) is 18.3. The van der Waals surface area contributed by atoms with E-state index in [-0.39, 0.29) is 11.9 Å². The quantitative estimate of drug-likeness (QED) is 0.733. The van der Waals surface area contributed by atoms with Crippen LogP contribution in [0, 0.1) is 6.92 Å². The van der Waals surface area contributed by atoms with E-state index >= 15 is 0 Å². The molecule has 0 aliphatic carbocycles. The third kappa shape index (κ3) is 5.12. The highest BCUT2D eigenvalue weighted by Gasteiger charge is 2.37. The minimum absolute atomic E-state index is 0.291. The molecule has 2 aromatic rings. The molecule has 1 aliphatic heterocycles. The van der Waals surface area contributed by atoms with Gasteiger partial charge in [0.15, 0.2) is 0 Å². The van der Waals surface area contributed by atoms with Crippen LogP contribution < -0.4 is 19.1 Å². The minimum atomic E-state index is -3.73. The molecule has 7 nitrogen and oxygen atoms in total. The molecule has 0 saturated carbocycles. The average Bonchev–Trinajstić information content (AvgIpc) is 2.67. The summed E-state index contributed by atoms with van der Waals surface area (Å²) < 4.78 is 37.6. The molecule has 1 N–H and O–H groups in total. The summed E-state index contributed by atoms with van der Waals surface area (Å²) >= 11 is 0. The molecule has 168 valence electrons. The summed E-state index contributed by atoms with van der Waals surface area (Å²) in [6, 6.07) is 11.3. The van der Waals surface area contributed by atoms with Crippen molar-refractivity contribution in [2.45, 2.75) is 51.8 Å². The Bertz CT molecular complexity index is 1080. The molecule has 0 fully saturated rings. The largest absolute Gasteiger partial charge is 0.497 e. The lowest BCUT2D eigenvalue weighted by Gasteiger charge is -2.39. The van der Waals surface area contributed by atoms with Crippen molar-refractivity contribution >= 4 is 21.6 Å². The predicted molar refractivity (Wildman–Crippen MR) is 121 cm³/mol. The fourth-order valence-corrected chi connectivity index (χ4v) is 5.12. The van der Waals surface area contributed by atoms with Gasteiger partial charge in [-0.05, 0) is 45.9 Å². The van der Waals surface area contributed by atoms with E-state index in [0.29, 0.717) is 17.9 Å². The van der Waals surface area contributed by atoms with Crippen molar-refractivity contribution in [1.29, 1.82) is 0 Å². The fraction of sp³-hybridized carbons (Fsp3) is 0.435. The van der Waals surface area contributed by atoms with Crippen LogP contribution in [0.3, 0.4) is 0 Å². The zero-order chi connectivity index (χ0) is 23.0. The maximum Gasteiger partial charge on any atom is 0.244 e. The summed E-state index contributed by atoms with van der Waals surface area (Å²) in [5.74, 6) is 0.852. The Morgan fingerprint density at radius 3 is 2.61 bits per heavy atom. The minimum Gasteiger partial charge on any atom is -0.497 e. The first kappa shape index (κ1) is 22.9. The highest BCUT2D eigenvalue weighted by Crippen LogP contribution is 2.40. The number of rotatable bonds is 6. The summed E-state index contributed by atoms with van der Waals surface area (Å²) in [4.78, 5) is 13.2. The van der Waals surface area contributed by atoms with Gasteiger partial charge in [-0.2, -0.15) is 0 Å². The number of amides is 1. The fourth-order valence-electron chi connectivity index (χ4n) is 3.95. The lowest BCUT2D eigenvalue weighted by Crippen LogP contribution is -2.50. The first-order chi connectivity index (χ1) is 14.4. The van der Waals surface area contributed by atoms with Crippen LogP contribution in [0.5, 0.6) is 11.5 Å². The molecule has 2 atom stereocenters. The van der Waals surface area contributed by atoms with Crippen molar-refractivity contribution in [2.24, 2.45) is 0 Å². The second-order valence-corrected chi connectivity index (χ2v) is 10.5. The van der Waals surface area contributed by atoms with Gasteiger partial charge in [0.1, 0.15) is 23.1 Å². The molecular formula is C23H30N2O5S. The van der Waals surface area contributed by atoms with Crippen molar-refractivity contribution in [2.75, 3.05) is 17.7 Å². The summed E-state index contributed by atoms with van der Waals surface area (Å²) in [5.41, 5.74) is 1.86. The second-order valence-electron chi connectivity index (χ2n) is 8.60. The molecule has 0 radical (unpaired) electrons. The molecule has 1 amide bonds. The van der Waals surface area contributed by atoms with Gasteiger partial charge in [0.2, 0.25) is 15.9 Å². The standard InChI is InChI=1S/C23H30N2O5S/c1-15-10-11-21-19(12-15)20(14-23(3,4)30-21)24-22(26)16(2)25(31(6,27)28)17-8-7-9-18(13-17)29-5/h7-13,16,20H,14H2,1-6H3,(H,24,26). The van der Waals surface area contributed by atoms with Gasteiger partial charge in [-0.3, -0.25) is 9.10 Å². The SMILES string of the molecule is COc1cccc(N(C(C)C(=O)NC2CC(C)(C)Oc3ccc(C)cc32)S(C)(=O)=O)c1. The number of methoxy groups -OCH3 is 1. The van der Waals surface area contributed by atoms with E-state index < -0.39 is 21.7 Å². The maximum absolute atomic E-state index is 13.2. The van der Waals surface area contributed by atoms with E-state index in [1.165, 1.54) is 7.11 Å². The van der Waals surface area contributed by atoms with Gasteiger partial charge in [0, 0.05) is 18.1 Å². The molecule has 1 aliphatic rings. The Labute approximate surface area is 184 Å². The van der Waals surface area contributed by atoms with Crippen LogP contribution in [0.1, 0.15) is 44.4 Å². The lowest BCUT2D eigenvalue weighted by molar-refractivity contribution is -0.123. The summed E-state index contributed by atoms with van der Waals surface area (Å²) in [6.07, 6.45) is 1.66. The summed E-state index contributed by atoms with van der Waals surface area (Å²) in [7, 11) is -2.22. The van der Waals surface area contributed by atoms with Gasteiger partial charge in [-0.25, -0.2) is 8.42 Å². The van der Waals surface area contributed by atoms with Crippen LogP contribution >= 0.6 is 0 Å². The smallest absolute Gasteiger partial charge is 0.244 e. The van der Waals surface area contributed by atoms with Crippen molar-refractivity contribution < 1.29 is 22.7 Å². The summed E-state index contributed by atoms with van der Waals surface area (Å²) in [5, 5.41) is 3.05. The van der Waals surface area contributed by atoms with Gasteiger partial charge in [-0.1, -0.05) is 23.8 Å². The van der Waals surface area contributed by atoms with Crippen LogP contribution in [-0.4, -0.2) is 39.3 Å². The molecule has 3 rings (SSSR count). The van der Waals surface area contributed by atoms with Crippen LogP contribution in [-0.2, 0) is 14.8 Å². The monoisotopic (exact) mass is 446 g/mol. The number of hydrogen-bond donors (Lipinski definition) is 1. The Hall–Kier alpha value is -2.74. The Balaban J connectivity index is 1.92. The van der Waals surface area contributed by atoms with Crippen molar-refractivity contribution in [3.63, 3.8) is 0 Å². The van der Waals surface area contributed by atoms with E-state index in [9.17, 15) is 13.2 Å². The van der Waals surface area contributed by atoms with Gasteiger partial charge >= 0.3 is 0 Å². The van der Waals surface area contributed by atoms with E-state index in [4.69, 9.17) is 9.47 Å². The molecule has 0 saturated heterocycles. The van der Waals surface area contributed by atoms with Crippen LogP contribution in [0.2, 0.25) is 0 Å². The molecule has 0 bridgehead atoms. The number of ether oxygens (including phenoxy) is 2.